The van der Waals surface area contributed by atoms with Gasteiger partial charge in [-0.25, -0.2) is 4.79 Å². The highest BCUT2D eigenvalue weighted by atomic mass is 16.2. The normalized spacial score (nSPS) is 10.2. The lowest BCUT2D eigenvalue weighted by Crippen LogP contribution is -2.41. The Labute approximate surface area is 81.5 Å². The molecule has 0 unspecified atom stereocenters. The Kier molecular flexibility index (Phi) is 6.37. The average molecular weight is 186 g/mol. The van der Waals surface area contributed by atoms with Crippen LogP contribution in [0.1, 0.15) is 40.0 Å². The van der Waals surface area contributed by atoms with Crippen molar-refractivity contribution in [3.63, 3.8) is 0 Å². The van der Waals surface area contributed by atoms with Crippen LogP contribution in [0.15, 0.2) is 0 Å². The SMILES string of the molecule is CCCCCNC(=O)N(C)C(C)C. The van der Waals surface area contributed by atoms with Crippen LogP contribution in [0.3, 0.4) is 0 Å². The van der Waals surface area contributed by atoms with Crippen LogP contribution in [0.5, 0.6) is 0 Å². The van der Waals surface area contributed by atoms with E-state index in [4.69, 9.17) is 0 Å². The maximum absolute atomic E-state index is 11.4. The van der Waals surface area contributed by atoms with Crippen LogP contribution < -0.4 is 5.32 Å². The van der Waals surface area contributed by atoms with E-state index in [1.54, 1.807) is 4.90 Å². The molecule has 3 heteroatoms. The fourth-order valence-corrected chi connectivity index (χ4v) is 0.930. The van der Waals surface area contributed by atoms with E-state index in [9.17, 15) is 4.79 Å². The second kappa shape index (κ2) is 6.75. The molecule has 0 saturated heterocycles. The van der Waals surface area contributed by atoms with Gasteiger partial charge in [-0.05, 0) is 20.3 Å². The van der Waals surface area contributed by atoms with Gasteiger partial charge in [0.15, 0.2) is 0 Å². The number of rotatable bonds is 5. The van der Waals surface area contributed by atoms with Crippen molar-refractivity contribution in [3.05, 3.63) is 0 Å². The lowest BCUT2D eigenvalue weighted by atomic mass is 10.2. The molecule has 3 nitrogen and oxygen atoms in total. The van der Waals surface area contributed by atoms with Crippen molar-refractivity contribution in [1.29, 1.82) is 0 Å². The van der Waals surface area contributed by atoms with Crippen LogP contribution in [0, 0.1) is 0 Å². The number of carbonyl (C=O) groups excluding carboxylic acids is 1. The molecule has 0 spiro atoms. The first kappa shape index (κ1) is 12.3. The predicted octanol–water partition coefficient (Wildman–Crippen LogP) is 2.23. The number of nitrogens with zero attached hydrogens (tertiary/aromatic N) is 1. The molecule has 0 aromatic rings. The number of amides is 2. The van der Waals surface area contributed by atoms with Gasteiger partial charge in [-0.1, -0.05) is 19.8 Å². The second-order valence-corrected chi connectivity index (χ2v) is 3.64. The van der Waals surface area contributed by atoms with E-state index >= 15 is 0 Å². The first-order valence-corrected chi connectivity index (χ1v) is 5.10. The number of carbonyl (C=O) groups is 1. The second-order valence-electron chi connectivity index (χ2n) is 3.64. The fourth-order valence-electron chi connectivity index (χ4n) is 0.930. The van der Waals surface area contributed by atoms with Crippen molar-refractivity contribution in [3.8, 4) is 0 Å². The number of hydrogen-bond donors (Lipinski definition) is 1. The predicted molar refractivity (Wildman–Crippen MR) is 55.8 cm³/mol. The zero-order chi connectivity index (χ0) is 10.3. The van der Waals surface area contributed by atoms with Gasteiger partial charge in [-0.15, -0.1) is 0 Å². The van der Waals surface area contributed by atoms with E-state index < -0.39 is 0 Å². The van der Waals surface area contributed by atoms with Crippen molar-refractivity contribution in [2.24, 2.45) is 0 Å². The van der Waals surface area contributed by atoms with Crippen LogP contribution in [0.4, 0.5) is 4.79 Å². The monoisotopic (exact) mass is 186 g/mol. The zero-order valence-corrected chi connectivity index (χ0v) is 9.26. The minimum atomic E-state index is 0.0334. The lowest BCUT2D eigenvalue weighted by molar-refractivity contribution is 0.197. The average Bonchev–Trinajstić information content (AvgIpc) is 2.10. The van der Waals surface area contributed by atoms with Crippen LogP contribution >= 0.6 is 0 Å². The van der Waals surface area contributed by atoms with Crippen LogP contribution in [-0.4, -0.2) is 30.6 Å². The molecule has 0 saturated carbocycles. The molecule has 0 aromatic carbocycles. The summed E-state index contributed by atoms with van der Waals surface area (Å²) >= 11 is 0. The Bertz CT molecular complexity index is 146. The highest BCUT2D eigenvalue weighted by Gasteiger charge is 2.09. The summed E-state index contributed by atoms with van der Waals surface area (Å²) in [5, 5.41) is 2.89. The molecule has 0 atom stereocenters. The molecule has 13 heavy (non-hydrogen) atoms. The summed E-state index contributed by atoms with van der Waals surface area (Å²) < 4.78 is 0. The molecule has 0 fully saturated rings. The minimum absolute atomic E-state index is 0.0334. The Morgan fingerprint density at radius 1 is 1.38 bits per heavy atom. The first-order chi connectivity index (χ1) is 6.09. The molecule has 0 radical (unpaired) electrons. The molecule has 0 aliphatic rings. The summed E-state index contributed by atoms with van der Waals surface area (Å²) in [6, 6.07) is 0.303. The quantitative estimate of drug-likeness (QED) is 0.656. The molecule has 0 aliphatic carbocycles. The minimum Gasteiger partial charge on any atom is -0.338 e. The Morgan fingerprint density at radius 3 is 2.46 bits per heavy atom. The van der Waals surface area contributed by atoms with Crippen molar-refractivity contribution in [2.45, 2.75) is 46.1 Å². The summed E-state index contributed by atoms with van der Waals surface area (Å²) in [6.45, 7) is 6.96. The van der Waals surface area contributed by atoms with E-state index in [2.05, 4.69) is 12.2 Å². The summed E-state index contributed by atoms with van der Waals surface area (Å²) in [6.07, 6.45) is 3.45. The van der Waals surface area contributed by atoms with Crippen LogP contribution in [0.2, 0.25) is 0 Å². The lowest BCUT2D eigenvalue weighted by Gasteiger charge is -2.21. The topological polar surface area (TPSA) is 32.3 Å². The van der Waals surface area contributed by atoms with Gasteiger partial charge >= 0.3 is 6.03 Å². The maximum atomic E-state index is 11.4. The van der Waals surface area contributed by atoms with Gasteiger partial charge in [-0.2, -0.15) is 0 Å². The zero-order valence-electron chi connectivity index (χ0n) is 9.26. The van der Waals surface area contributed by atoms with Crippen LogP contribution in [0.25, 0.3) is 0 Å². The molecule has 0 aromatic heterocycles. The summed E-state index contributed by atoms with van der Waals surface area (Å²) in [5.41, 5.74) is 0. The van der Waals surface area contributed by atoms with Gasteiger partial charge in [0.05, 0.1) is 0 Å². The van der Waals surface area contributed by atoms with Gasteiger partial charge in [0.25, 0.3) is 0 Å². The van der Waals surface area contributed by atoms with Crippen molar-refractivity contribution >= 4 is 6.03 Å². The van der Waals surface area contributed by atoms with Crippen molar-refractivity contribution in [1.82, 2.24) is 10.2 Å². The fraction of sp³-hybridized carbons (Fsp3) is 0.900. The smallest absolute Gasteiger partial charge is 0.317 e. The number of hydrogen-bond acceptors (Lipinski definition) is 1. The summed E-state index contributed by atoms with van der Waals surface area (Å²) in [4.78, 5) is 13.1. The van der Waals surface area contributed by atoms with E-state index in [1.165, 1.54) is 12.8 Å². The molecule has 2 amide bonds. The van der Waals surface area contributed by atoms with Gasteiger partial charge in [0.1, 0.15) is 0 Å². The van der Waals surface area contributed by atoms with Gasteiger partial charge in [0.2, 0.25) is 0 Å². The van der Waals surface area contributed by atoms with E-state index in [-0.39, 0.29) is 12.1 Å². The standard InChI is InChI=1S/C10H22N2O/c1-5-6-7-8-11-10(13)12(4)9(2)3/h9H,5-8H2,1-4H3,(H,11,13). The molecule has 0 aliphatic heterocycles. The third-order valence-corrected chi connectivity index (χ3v) is 2.15. The van der Waals surface area contributed by atoms with Crippen molar-refractivity contribution < 1.29 is 4.79 Å². The first-order valence-electron chi connectivity index (χ1n) is 5.10. The summed E-state index contributed by atoms with van der Waals surface area (Å²) in [5.74, 6) is 0. The van der Waals surface area contributed by atoms with Crippen LogP contribution in [-0.2, 0) is 0 Å². The van der Waals surface area contributed by atoms with E-state index in [0.29, 0.717) is 0 Å². The third-order valence-electron chi connectivity index (χ3n) is 2.15. The molecule has 1 N–H and O–H groups in total. The van der Waals surface area contributed by atoms with E-state index in [1.807, 2.05) is 20.9 Å². The third kappa shape index (κ3) is 5.50. The Morgan fingerprint density at radius 2 is 2.00 bits per heavy atom. The van der Waals surface area contributed by atoms with Gasteiger partial charge in [-0.3, -0.25) is 0 Å². The Hall–Kier alpha value is -0.730. The molecule has 0 heterocycles. The number of nitrogens with one attached hydrogen (secondary N) is 1. The molecule has 0 rings (SSSR count). The molecular formula is C10H22N2O. The van der Waals surface area contributed by atoms with E-state index in [0.717, 1.165) is 13.0 Å². The number of urea groups is 1. The molecular weight excluding hydrogens is 164 g/mol. The molecule has 78 valence electrons. The summed E-state index contributed by atoms with van der Waals surface area (Å²) in [7, 11) is 1.82. The van der Waals surface area contributed by atoms with Gasteiger partial charge < -0.3 is 10.2 Å². The van der Waals surface area contributed by atoms with Gasteiger partial charge in [0, 0.05) is 19.6 Å². The largest absolute Gasteiger partial charge is 0.338 e. The number of unbranched alkanes of at least 4 members (excludes halogenated alkanes) is 2. The maximum Gasteiger partial charge on any atom is 0.317 e. The van der Waals surface area contributed by atoms with Crippen molar-refractivity contribution in [2.75, 3.05) is 13.6 Å². The molecule has 0 bridgehead atoms. The highest BCUT2D eigenvalue weighted by molar-refractivity contribution is 5.74. The highest BCUT2D eigenvalue weighted by Crippen LogP contribution is 1.95. The Balaban J connectivity index is 3.50.